The summed E-state index contributed by atoms with van der Waals surface area (Å²) in [5.41, 5.74) is 15.8. The van der Waals surface area contributed by atoms with Crippen LogP contribution in [0.3, 0.4) is 0 Å². The molecule has 0 aliphatic heterocycles. The minimum Gasteiger partial charge on any atom is -0.398 e. The van der Waals surface area contributed by atoms with E-state index in [0.717, 1.165) is 34.9 Å². The maximum absolute atomic E-state index is 6.01. The lowest BCUT2D eigenvalue weighted by Gasteiger charge is -2.11. The fourth-order valence-electron chi connectivity index (χ4n) is 2.38. The van der Waals surface area contributed by atoms with Crippen molar-refractivity contribution >= 4 is 11.4 Å². The van der Waals surface area contributed by atoms with Crippen molar-refractivity contribution in [2.24, 2.45) is 0 Å². The minimum absolute atomic E-state index is 0.715. The molecule has 21 heavy (non-hydrogen) atoms. The molecule has 3 rings (SSSR count). The standard InChI is InChI=1S/C17H18N4/c18-15-7-3-1-5-13(15)11-17-20-9-10-21(17)12-14-6-2-4-8-16(14)19/h1-10H,11-12,18-19H2. The van der Waals surface area contributed by atoms with Crippen LogP contribution in [0.2, 0.25) is 0 Å². The Balaban J connectivity index is 1.85. The third-order valence-electron chi connectivity index (χ3n) is 3.60. The molecule has 3 aromatic rings. The van der Waals surface area contributed by atoms with Gasteiger partial charge in [-0.25, -0.2) is 4.98 Å². The van der Waals surface area contributed by atoms with Gasteiger partial charge in [-0.1, -0.05) is 36.4 Å². The van der Waals surface area contributed by atoms with Crippen molar-refractivity contribution in [1.82, 2.24) is 9.55 Å². The first-order valence-corrected chi connectivity index (χ1v) is 6.91. The maximum Gasteiger partial charge on any atom is 0.113 e. The summed E-state index contributed by atoms with van der Waals surface area (Å²) in [5, 5.41) is 0. The minimum atomic E-state index is 0.715. The van der Waals surface area contributed by atoms with Crippen LogP contribution < -0.4 is 11.5 Å². The van der Waals surface area contributed by atoms with Crippen molar-refractivity contribution in [2.75, 3.05) is 11.5 Å². The Hall–Kier alpha value is -2.75. The quantitative estimate of drug-likeness (QED) is 0.721. The zero-order valence-corrected chi connectivity index (χ0v) is 11.7. The Kier molecular flexibility index (Phi) is 3.60. The fourth-order valence-corrected chi connectivity index (χ4v) is 2.38. The number of anilines is 2. The third kappa shape index (κ3) is 2.89. The van der Waals surface area contributed by atoms with Gasteiger partial charge in [0.2, 0.25) is 0 Å². The first kappa shape index (κ1) is 13.2. The number of aromatic nitrogens is 2. The molecule has 4 nitrogen and oxygen atoms in total. The van der Waals surface area contributed by atoms with E-state index in [9.17, 15) is 0 Å². The Morgan fingerprint density at radius 1 is 0.857 bits per heavy atom. The van der Waals surface area contributed by atoms with Gasteiger partial charge < -0.3 is 16.0 Å². The molecule has 1 heterocycles. The summed E-state index contributed by atoms with van der Waals surface area (Å²) in [6, 6.07) is 15.8. The highest BCUT2D eigenvalue weighted by molar-refractivity contribution is 5.48. The van der Waals surface area contributed by atoms with Gasteiger partial charge in [0.15, 0.2) is 0 Å². The molecule has 0 aliphatic rings. The van der Waals surface area contributed by atoms with Crippen LogP contribution in [-0.4, -0.2) is 9.55 Å². The van der Waals surface area contributed by atoms with Gasteiger partial charge in [0, 0.05) is 30.2 Å². The molecule has 1 aromatic heterocycles. The Morgan fingerprint density at radius 3 is 2.14 bits per heavy atom. The number of nitrogen functional groups attached to an aromatic ring is 2. The largest absolute Gasteiger partial charge is 0.398 e. The lowest BCUT2D eigenvalue weighted by molar-refractivity contribution is 0.742. The second-order valence-corrected chi connectivity index (χ2v) is 5.05. The summed E-state index contributed by atoms with van der Waals surface area (Å²) in [4.78, 5) is 4.45. The Morgan fingerprint density at radius 2 is 1.48 bits per heavy atom. The predicted molar refractivity (Wildman–Crippen MR) is 85.8 cm³/mol. The second-order valence-electron chi connectivity index (χ2n) is 5.05. The average molecular weight is 278 g/mol. The molecule has 0 bridgehead atoms. The van der Waals surface area contributed by atoms with E-state index in [1.165, 1.54) is 0 Å². The monoisotopic (exact) mass is 278 g/mol. The van der Waals surface area contributed by atoms with Gasteiger partial charge in [-0.15, -0.1) is 0 Å². The van der Waals surface area contributed by atoms with E-state index in [1.807, 2.05) is 60.9 Å². The van der Waals surface area contributed by atoms with Crippen LogP contribution in [0.25, 0.3) is 0 Å². The SMILES string of the molecule is Nc1ccccc1Cc1nccn1Cc1ccccc1N. The summed E-state index contributed by atoms with van der Waals surface area (Å²) in [7, 11) is 0. The van der Waals surface area contributed by atoms with Gasteiger partial charge in [0.05, 0.1) is 6.54 Å². The molecule has 0 amide bonds. The van der Waals surface area contributed by atoms with E-state index in [0.29, 0.717) is 6.42 Å². The van der Waals surface area contributed by atoms with Gasteiger partial charge in [0.25, 0.3) is 0 Å². The third-order valence-corrected chi connectivity index (χ3v) is 3.60. The number of rotatable bonds is 4. The lowest BCUT2D eigenvalue weighted by atomic mass is 10.1. The van der Waals surface area contributed by atoms with Crippen LogP contribution in [0.4, 0.5) is 11.4 Å². The van der Waals surface area contributed by atoms with E-state index < -0.39 is 0 Å². The smallest absolute Gasteiger partial charge is 0.113 e. The molecule has 0 aliphatic carbocycles. The molecule has 106 valence electrons. The number of benzene rings is 2. The van der Waals surface area contributed by atoms with Crippen LogP contribution in [0.15, 0.2) is 60.9 Å². The van der Waals surface area contributed by atoms with Gasteiger partial charge >= 0.3 is 0 Å². The van der Waals surface area contributed by atoms with Crippen molar-refractivity contribution in [3.8, 4) is 0 Å². The van der Waals surface area contributed by atoms with Crippen molar-refractivity contribution in [1.29, 1.82) is 0 Å². The molecule has 0 spiro atoms. The van der Waals surface area contributed by atoms with E-state index >= 15 is 0 Å². The summed E-state index contributed by atoms with van der Waals surface area (Å²) in [6.45, 7) is 0.717. The average Bonchev–Trinajstić information content (AvgIpc) is 2.91. The molecule has 0 atom stereocenters. The van der Waals surface area contributed by atoms with Crippen molar-refractivity contribution in [2.45, 2.75) is 13.0 Å². The number of hydrogen-bond donors (Lipinski definition) is 2. The number of para-hydroxylation sites is 2. The molecule has 0 radical (unpaired) electrons. The highest BCUT2D eigenvalue weighted by atomic mass is 15.1. The normalized spacial score (nSPS) is 10.7. The summed E-state index contributed by atoms with van der Waals surface area (Å²) in [6.07, 6.45) is 4.50. The first-order chi connectivity index (χ1) is 10.2. The van der Waals surface area contributed by atoms with Crippen molar-refractivity contribution in [3.05, 3.63) is 77.9 Å². The zero-order valence-electron chi connectivity index (χ0n) is 11.7. The van der Waals surface area contributed by atoms with Crippen molar-refractivity contribution in [3.63, 3.8) is 0 Å². The van der Waals surface area contributed by atoms with Crippen LogP contribution in [-0.2, 0) is 13.0 Å². The summed E-state index contributed by atoms with van der Waals surface area (Å²) < 4.78 is 2.11. The number of nitrogens with zero attached hydrogens (tertiary/aromatic N) is 2. The van der Waals surface area contributed by atoms with Gasteiger partial charge in [0.1, 0.15) is 5.82 Å². The molecule has 0 saturated heterocycles. The molecule has 0 fully saturated rings. The molecule has 0 saturated carbocycles. The van der Waals surface area contributed by atoms with Crippen LogP contribution in [0.1, 0.15) is 17.0 Å². The first-order valence-electron chi connectivity index (χ1n) is 6.91. The van der Waals surface area contributed by atoms with Gasteiger partial charge in [-0.3, -0.25) is 0 Å². The molecule has 4 heteroatoms. The topological polar surface area (TPSA) is 69.9 Å². The molecule has 2 aromatic carbocycles. The fraction of sp³-hybridized carbons (Fsp3) is 0.118. The Labute approximate surface area is 124 Å². The van der Waals surface area contributed by atoms with Crippen LogP contribution in [0.5, 0.6) is 0 Å². The van der Waals surface area contributed by atoms with E-state index in [2.05, 4.69) is 9.55 Å². The summed E-state index contributed by atoms with van der Waals surface area (Å²) in [5.74, 6) is 0.983. The predicted octanol–water partition coefficient (Wildman–Crippen LogP) is 2.69. The van der Waals surface area contributed by atoms with E-state index in [-0.39, 0.29) is 0 Å². The Bertz CT molecular complexity index is 684. The number of hydrogen-bond acceptors (Lipinski definition) is 3. The molecule has 4 N–H and O–H groups in total. The molecule has 0 unspecified atom stereocenters. The van der Waals surface area contributed by atoms with Gasteiger partial charge in [-0.05, 0) is 23.3 Å². The van der Waals surface area contributed by atoms with Crippen LogP contribution >= 0.6 is 0 Å². The van der Waals surface area contributed by atoms with E-state index in [4.69, 9.17) is 11.5 Å². The van der Waals surface area contributed by atoms with Crippen molar-refractivity contribution < 1.29 is 0 Å². The van der Waals surface area contributed by atoms with Gasteiger partial charge in [-0.2, -0.15) is 0 Å². The maximum atomic E-state index is 6.01. The highest BCUT2D eigenvalue weighted by Crippen LogP contribution is 2.17. The molecular formula is C17H18N4. The zero-order chi connectivity index (χ0) is 14.7. The van der Waals surface area contributed by atoms with E-state index in [1.54, 1.807) is 0 Å². The lowest BCUT2D eigenvalue weighted by Crippen LogP contribution is -2.07. The summed E-state index contributed by atoms with van der Waals surface area (Å²) >= 11 is 0. The van der Waals surface area contributed by atoms with Crippen LogP contribution in [0, 0.1) is 0 Å². The number of nitrogens with two attached hydrogens (primary N) is 2. The molecular weight excluding hydrogens is 260 g/mol. The number of imidazole rings is 1. The highest BCUT2D eigenvalue weighted by Gasteiger charge is 2.08. The second kappa shape index (κ2) is 5.71.